The van der Waals surface area contributed by atoms with Gasteiger partial charge in [-0.15, -0.1) is 0 Å². The molecule has 1 aromatic rings. The summed E-state index contributed by atoms with van der Waals surface area (Å²) in [6.45, 7) is 3.20. The Balaban J connectivity index is 1.60. The third kappa shape index (κ3) is 3.16. The van der Waals surface area contributed by atoms with Gasteiger partial charge in [-0.3, -0.25) is 9.59 Å². The van der Waals surface area contributed by atoms with Gasteiger partial charge in [-0.1, -0.05) is 6.07 Å². The smallest absolute Gasteiger partial charge is 0.308 e. The number of hydrogen-bond acceptors (Lipinski definition) is 5. The van der Waals surface area contributed by atoms with Crippen molar-refractivity contribution in [1.29, 1.82) is 0 Å². The molecule has 0 amide bonds. The summed E-state index contributed by atoms with van der Waals surface area (Å²) in [4.78, 5) is 22.6. The van der Waals surface area contributed by atoms with Gasteiger partial charge in [-0.05, 0) is 79.5 Å². The van der Waals surface area contributed by atoms with E-state index < -0.39 is 0 Å². The molecule has 0 saturated heterocycles. The summed E-state index contributed by atoms with van der Waals surface area (Å²) in [7, 11) is 0. The Morgan fingerprint density at radius 1 is 1.15 bits per heavy atom. The van der Waals surface area contributed by atoms with Crippen LogP contribution in [-0.4, -0.2) is 29.8 Å². The minimum absolute atomic E-state index is 0.267. The third-order valence-corrected chi connectivity index (χ3v) is 7.17. The number of aliphatic hydroxyl groups excluding tert-OH is 1. The second kappa shape index (κ2) is 6.93. The van der Waals surface area contributed by atoms with Gasteiger partial charge in [0.2, 0.25) is 0 Å². The first-order chi connectivity index (χ1) is 12.9. The maximum Gasteiger partial charge on any atom is 0.308 e. The van der Waals surface area contributed by atoms with E-state index >= 15 is 0 Å². The summed E-state index contributed by atoms with van der Waals surface area (Å²) < 4.78 is 10.7. The molecule has 1 aromatic carbocycles. The van der Waals surface area contributed by atoms with E-state index in [9.17, 15) is 14.7 Å². The van der Waals surface area contributed by atoms with Crippen molar-refractivity contribution in [2.75, 3.05) is 6.61 Å². The number of carbonyl (C=O) groups is 2. The number of fused-ring (bicyclic) bond motifs is 5. The SMILES string of the molecule is CC(=O)OC[C@]12CC[C@@H]3c4ccc(OC(C)=O)cc4CC[C@H]3[C@@H]1CC[C@@H]2O. The van der Waals surface area contributed by atoms with E-state index in [-0.39, 0.29) is 23.5 Å². The van der Waals surface area contributed by atoms with Gasteiger partial charge >= 0.3 is 11.9 Å². The molecule has 0 heterocycles. The Hall–Kier alpha value is -1.88. The van der Waals surface area contributed by atoms with Crippen molar-refractivity contribution < 1.29 is 24.2 Å². The minimum atomic E-state index is -0.379. The molecule has 4 rings (SSSR count). The molecule has 0 spiro atoms. The van der Waals surface area contributed by atoms with Gasteiger partial charge in [-0.2, -0.15) is 0 Å². The van der Waals surface area contributed by atoms with Gasteiger partial charge in [0, 0.05) is 19.3 Å². The zero-order valence-corrected chi connectivity index (χ0v) is 16.1. The average molecular weight is 372 g/mol. The van der Waals surface area contributed by atoms with Crippen LogP contribution in [0.25, 0.3) is 0 Å². The monoisotopic (exact) mass is 372 g/mol. The summed E-state index contributed by atoms with van der Waals surface area (Å²) in [5.41, 5.74) is 2.37. The van der Waals surface area contributed by atoms with Crippen LogP contribution in [0.4, 0.5) is 0 Å². The topological polar surface area (TPSA) is 72.8 Å². The molecule has 0 aromatic heterocycles. The van der Waals surface area contributed by atoms with Crippen LogP contribution in [0.2, 0.25) is 0 Å². The van der Waals surface area contributed by atoms with E-state index in [0.29, 0.717) is 30.1 Å². The molecule has 1 N–H and O–H groups in total. The highest BCUT2D eigenvalue weighted by molar-refractivity contribution is 5.69. The third-order valence-electron chi connectivity index (χ3n) is 7.17. The van der Waals surface area contributed by atoms with Crippen LogP contribution in [0.15, 0.2) is 18.2 Å². The first-order valence-electron chi connectivity index (χ1n) is 10.0. The Bertz CT molecular complexity index is 757. The van der Waals surface area contributed by atoms with Crippen LogP contribution >= 0.6 is 0 Å². The molecule has 0 radical (unpaired) electrons. The Kier molecular flexibility index (Phi) is 4.75. The highest BCUT2D eigenvalue weighted by atomic mass is 16.5. The molecule has 27 heavy (non-hydrogen) atoms. The molecule has 5 nitrogen and oxygen atoms in total. The van der Waals surface area contributed by atoms with Crippen molar-refractivity contribution in [1.82, 2.24) is 0 Å². The summed E-state index contributed by atoms with van der Waals surface area (Å²) in [5, 5.41) is 10.8. The molecule has 0 aliphatic heterocycles. The second-order valence-electron chi connectivity index (χ2n) is 8.52. The van der Waals surface area contributed by atoms with E-state index in [0.717, 1.165) is 38.5 Å². The number of ether oxygens (including phenoxy) is 2. The first kappa shape index (κ1) is 18.5. The zero-order chi connectivity index (χ0) is 19.2. The Morgan fingerprint density at radius 2 is 1.96 bits per heavy atom. The molecule has 2 saturated carbocycles. The molecule has 0 unspecified atom stereocenters. The summed E-state index contributed by atoms with van der Waals surface area (Å²) in [6, 6.07) is 6.03. The maximum absolute atomic E-state index is 11.4. The number of esters is 2. The van der Waals surface area contributed by atoms with Crippen molar-refractivity contribution in [3.8, 4) is 5.75 Å². The predicted molar refractivity (Wildman–Crippen MR) is 99.3 cm³/mol. The molecule has 146 valence electrons. The lowest BCUT2D eigenvalue weighted by Crippen LogP contribution is -2.48. The minimum Gasteiger partial charge on any atom is -0.465 e. The number of hydrogen-bond donors (Lipinski definition) is 1. The van der Waals surface area contributed by atoms with E-state index in [2.05, 4.69) is 6.07 Å². The fourth-order valence-electron chi connectivity index (χ4n) is 6.08. The fraction of sp³-hybridized carbons (Fsp3) is 0.636. The van der Waals surface area contributed by atoms with Crippen LogP contribution in [0.5, 0.6) is 5.75 Å². The highest BCUT2D eigenvalue weighted by Crippen LogP contribution is 2.61. The number of aryl methyl sites for hydroxylation is 1. The van der Waals surface area contributed by atoms with Crippen LogP contribution in [0.3, 0.4) is 0 Å². The zero-order valence-electron chi connectivity index (χ0n) is 16.1. The van der Waals surface area contributed by atoms with Crippen molar-refractivity contribution in [2.24, 2.45) is 17.3 Å². The molecule has 3 aliphatic carbocycles. The van der Waals surface area contributed by atoms with Gasteiger partial charge in [0.05, 0.1) is 12.7 Å². The molecule has 0 bridgehead atoms. The maximum atomic E-state index is 11.4. The number of rotatable bonds is 3. The summed E-state index contributed by atoms with van der Waals surface area (Å²) in [6.07, 6.45) is 5.34. The van der Waals surface area contributed by atoms with Gasteiger partial charge in [0.1, 0.15) is 5.75 Å². The van der Waals surface area contributed by atoms with Gasteiger partial charge in [-0.25, -0.2) is 0 Å². The molecule has 5 heteroatoms. The van der Waals surface area contributed by atoms with Crippen molar-refractivity contribution in [3.63, 3.8) is 0 Å². The standard InChI is InChI=1S/C22H28O5/c1-13(23)26-12-22-10-9-18-17-6-4-16(27-14(2)24)11-15(17)3-5-19(18)20(22)7-8-21(22)25/h4,6,11,18-21,25H,3,5,7-10,12H2,1-2H3/t18-,19-,20+,21+,22-/m1/s1. The largest absolute Gasteiger partial charge is 0.465 e. The average Bonchev–Trinajstić information content (AvgIpc) is 2.96. The van der Waals surface area contributed by atoms with Crippen LogP contribution < -0.4 is 4.74 Å². The van der Waals surface area contributed by atoms with E-state index in [1.165, 1.54) is 25.0 Å². The summed E-state index contributed by atoms with van der Waals surface area (Å²) >= 11 is 0. The highest BCUT2D eigenvalue weighted by Gasteiger charge is 2.57. The molecule has 2 fully saturated rings. The van der Waals surface area contributed by atoms with Crippen molar-refractivity contribution >= 4 is 11.9 Å². The van der Waals surface area contributed by atoms with Gasteiger partial charge in [0.15, 0.2) is 0 Å². The van der Waals surface area contributed by atoms with Crippen molar-refractivity contribution in [2.45, 2.75) is 64.4 Å². The van der Waals surface area contributed by atoms with Gasteiger partial charge in [0.25, 0.3) is 0 Å². The van der Waals surface area contributed by atoms with E-state index in [1.807, 2.05) is 12.1 Å². The quantitative estimate of drug-likeness (QED) is 0.650. The summed E-state index contributed by atoms with van der Waals surface area (Å²) in [5.74, 6) is 1.44. The van der Waals surface area contributed by atoms with Crippen LogP contribution in [0.1, 0.15) is 63.0 Å². The van der Waals surface area contributed by atoms with Gasteiger partial charge < -0.3 is 14.6 Å². The lowest BCUT2D eigenvalue weighted by Gasteiger charge is -2.51. The first-order valence-corrected chi connectivity index (χ1v) is 10.0. The predicted octanol–water partition coefficient (Wildman–Crippen LogP) is 3.37. The molecular formula is C22H28O5. The van der Waals surface area contributed by atoms with Crippen LogP contribution in [0, 0.1) is 17.3 Å². The number of carbonyl (C=O) groups excluding carboxylic acids is 2. The van der Waals surface area contributed by atoms with E-state index in [1.54, 1.807) is 0 Å². The molecule has 5 atom stereocenters. The molecular weight excluding hydrogens is 344 g/mol. The van der Waals surface area contributed by atoms with Crippen molar-refractivity contribution in [3.05, 3.63) is 29.3 Å². The molecule has 3 aliphatic rings. The second-order valence-corrected chi connectivity index (χ2v) is 8.52. The van der Waals surface area contributed by atoms with Crippen LogP contribution in [-0.2, 0) is 20.7 Å². The number of benzene rings is 1. The normalized spacial score (nSPS) is 34.2. The van der Waals surface area contributed by atoms with E-state index in [4.69, 9.17) is 9.47 Å². The Morgan fingerprint density at radius 3 is 2.70 bits per heavy atom. The lowest BCUT2D eigenvalue weighted by molar-refractivity contribution is -0.152. The number of aliphatic hydroxyl groups is 1. The lowest BCUT2D eigenvalue weighted by atomic mass is 9.55. The fourth-order valence-corrected chi connectivity index (χ4v) is 6.08. The Labute approximate surface area is 160 Å².